The Hall–Kier alpha value is -2.27. The summed E-state index contributed by atoms with van der Waals surface area (Å²) in [6.07, 6.45) is 3.88. The molecule has 120 valence electrons. The van der Waals surface area contributed by atoms with Crippen molar-refractivity contribution >= 4 is 34.1 Å². The van der Waals surface area contributed by atoms with Gasteiger partial charge in [0.25, 0.3) is 0 Å². The van der Waals surface area contributed by atoms with E-state index in [0.29, 0.717) is 17.1 Å². The fourth-order valence-electron chi connectivity index (χ4n) is 2.05. The first-order valence-corrected chi connectivity index (χ1v) is 7.66. The molecule has 0 aliphatic heterocycles. The van der Waals surface area contributed by atoms with Crippen LogP contribution in [0.5, 0.6) is 11.5 Å². The van der Waals surface area contributed by atoms with Crippen molar-refractivity contribution in [3.8, 4) is 11.5 Å². The zero-order valence-corrected chi connectivity index (χ0v) is 14.7. The Bertz CT molecular complexity index is 721. The summed E-state index contributed by atoms with van der Waals surface area (Å²) < 4.78 is 16.2. The first-order valence-electron chi connectivity index (χ1n) is 6.87. The van der Waals surface area contributed by atoms with E-state index >= 15 is 0 Å². The molecule has 0 radical (unpaired) electrons. The van der Waals surface area contributed by atoms with Crippen LogP contribution in [0.2, 0.25) is 0 Å². The Kier molecular flexibility index (Phi) is 5.82. The summed E-state index contributed by atoms with van der Waals surface area (Å²) in [7, 11) is 4.59. The maximum absolute atomic E-state index is 11.4. The smallest absolute Gasteiger partial charge is 0.337 e. The molecule has 0 saturated carbocycles. The summed E-state index contributed by atoms with van der Waals surface area (Å²) in [6, 6.07) is 10.9. The van der Waals surface area contributed by atoms with Gasteiger partial charge in [0.1, 0.15) is 11.5 Å². The van der Waals surface area contributed by atoms with Gasteiger partial charge in [-0.25, -0.2) is 4.79 Å². The average Bonchev–Trinajstić information content (AvgIpc) is 2.59. The lowest BCUT2D eigenvalue weighted by molar-refractivity contribution is 0.0600. The van der Waals surface area contributed by atoms with Crippen molar-refractivity contribution in [1.29, 1.82) is 0 Å². The van der Waals surface area contributed by atoms with Crippen molar-refractivity contribution in [1.82, 2.24) is 0 Å². The number of methoxy groups -OCH3 is 3. The van der Waals surface area contributed by atoms with Gasteiger partial charge < -0.3 is 14.2 Å². The van der Waals surface area contributed by atoms with Crippen LogP contribution in [0.4, 0.5) is 0 Å². The van der Waals surface area contributed by atoms with Crippen LogP contribution in [0.25, 0.3) is 12.2 Å². The molecule has 0 atom stereocenters. The van der Waals surface area contributed by atoms with Crippen LogP contribution in [-0.2, 0) is 4.74 Å². The van der Waals surface area contributed by atoms with Crippen LogP contribution in [0.15, 0.2) is 40.9 Å². The van der Waals surface area contributed by atoms with Gasteiger partial charge in [0.15, 0.2) is 0 Å². The molecule has 0 N–H and O–H groups in total. The summed E-state index contributed by atoms with van der Waals surface area (Å²) in [5.41, 5.74) is 2.40. The molecule has 2 aromatic carbocycles. The number of ether oxygens (including phenoxy) is 3. The standard InChI is InChI=1S/C18H17BrO4/c1-21-16-11-17(22-2)15(19)10-14(16)9-6-12-4-7-13(8-5-12)18(20)23-3/h4-11H,1-3H3/b9-6+. The first-order chi connectivity index (χ1) is 11.1. The largest absolute Gasteiger partial charge is 0.496 e. The van der Waals surface area contributed by atoms with Gasteiger partial charge in [-0.15, -0.1) is 0 Å². The zero-order valence-electron chi connectivity index (χ0n) is 13.1. The second kappa shape index (κ2) is 7.83. The lowest BCUT2D eigenvalue weighted by atomic mass is 10.1. The first kappa shape index (κ1) is 17.1. The lowest BCUT2D eigenvalue weighted by Gasteiger charge is -2.09. The third kappa shape index (κ3) is 4.13. The quantitative estimate of drug-likeness (QED) is 0.572. The van der Waals surface area contributed by atoms with Gasteiger partial charge in [0.2, 0.25) is 0 Å². The highest BCUT2D eigenvalue weighted by molar-refractivity contribution is 9.10. The molecule has 0 unspecified atom stereocenters. The SMILES string of the molecule is COC(=O)c1ccc(/C=C/c2cc(Br)c(OC)cc2OC)cc1. The van der Waals surface area contributed by atoms with Crippen LogP contribution in [-0.4, -0.2) is 27.3 Å². The lowest BCUT2D eigenvalue weighted by Crippen LogP contribution is -2.00. The molecular formula is C18H17BrO4. The van der Waals surface area contributed by atoms with E-state index in [1.165, 1.54) is 7.11 Å². The second-order valence-electron chi connectivity index (χ2n) is 4.68. The van der Waals surface area contributed by atoms with Crippen LogP contribution < -0.4 is 9.47 Å². The molecule has 0 amide bonds. The zero-order chi connectivity index (χ0) is 16.8. The van der Waals surface area contributed by atoms with Gasteiger partial charge in [0, 0.05) is 11.6 Å². The molecular weight excluding hydrogens is 360 g/mol. The van der Waals surface area contributed by atoms with Gasteiger partial charge >= 0.3 is 5.97 Å². The minimum atomic E-state index is -0.346. The van der Waals surface area contributed by atoms with Crippen molar-refractivity contribution in [2.24, 2.45) is 0 Å². The van der Waals surface area contributed by atoms with Crippen molar-refractivity contribution in [2.75, 3.05) is 21.3 Å². The van der Waals surface area contributed by atoms with Crippen LogP contribution >= 0.6 is 15.9 Å². The number of hydrogen-bond donors (Lipinski definition) is 0. The highest BCUT2D eigenvalue weighted by atomic mass is 79.9. The van der Waals surface area contributed by atoms with E-state index in [9.17, 15) is 4.79 Å². The fraction of sp³-hybridized carbons (Fsp3) is 0.167. The third-order valence-corrected chi connectivity index (χ3v) is 3.91. The summed E-state index contributed by atoms with van der Waals surface area (Å²) >= 11 is 3.46. The van der Waals surface area contributed by atoms with Gasteiger partial charge in [-0.3, -0.25) is 0 Å². The second-order valence-corrected chi connectivity index (χ2v) is 5.53. The maximum Gasteiger partial charge on any atom is 0.337 e. The van der Waals surface area contributed by atoms with E-state index in [1.807, 2.05) is 36.4 Å². The third-order valence-electron chi connectivity index (χ3n) is 3.29. The Morgan fingerprint density at radius 3 is 2.17 bits per heavy atom. The molecule has 0 aliphatic rings. The Morgan fingerprint density at radius 1 is 0.957 bits per heavy atom. The van der Waals surface area contributed by atoms with Crippen LogP contribution in [0.1, 0.15) is 21.5 Å². The molecule has 0 heterocycles. The molecule has 0 aliphatic carbocycles. The van der Waals surface area contributed by atoms with Gasteiger partial charge in [0.05, 0.1) is 31.4 Å². The van der Waals surface area contributed by atoms with Crippen LogP contribution in [0, 0.1) is 0 Å². The number of carbonyl (C=O) groups excluding carboxylic acids is 1. The molecule has 2 rings (SSSR count). The van der Waals surface area contributed by atoms with Crippen molar-refractivity contribution < 1.29 is 19.0 Å². The predicted molar refractivity (Wildman–Crippen MR) is 94.0 cm³/mol. The topological polar surface area (TPSA) is 44.8 Å². The molecule has 2 aromatic rings. The van der Waals surface area contributed by atoms with Gasteiger partial charge in [-0.1, -0.05) is 24.3 Å². The van der Waals surface area contributed by atoms with Gasteiger partial charge in [-0.2, -0.15) is 0 Å². The highest BCUT2D eigenvalue weighted by Gasteiger charge is 2.07. The number of benzene rings is 2. The fourth-order valence-corrected chi connectivity index (χ4v) is 2.57. The number of hydrogen-bond acceptors (Lipinski definition) is 4. The Morgan fingerprint density at radius 2 is 1.61 bits per heavy atom. The van der Waals surface area contributed by atoms with E-state index < -0.39 is 0 Å². The van der Waals surface area contributed by atoms with E-state index in [1.54, 1.807) is 26.4 Å². The summed E-state index contributed by atoms with van der Waals surface area (Å²) in [5, 5.41) is 0. The molecule has 0 fully saturated rings. The predicted octanol–water partition coefficient (Wildman–Crippen LogP) is 4.42. The Balaban J connectivity index is 2.26. The Labute approximate surface area is 143 Å². The van der Waals surface area contributed by atoms with E-state index in [0.717, 1.165) is 15.6 Å². The molecule has 4 nitrogen and oxygen atoms in total. The molecule has 5 heteroatoms. The number of rotatable bonds is 5. The number of carbonyl (C=O) groups is 1. The number of halogens is 1. The number of esters is 1. The molecule has 0 bridgehead atoms. The van der Waals surface area contributed by atoms with E-state index in [-0.39, 0.29) is 5.97 Å². The molecule has 23 heavy (non-hydrogen) atoms. The average molecular weight is 377 g/mol. The molecule has 0 saturated heterocycles. The minimum Gasteiger partial charge on any atom is -0.496 e. The maximum atomic E-state index is 11.4. The monoisotopic (exact) mass is 376 g/mol. The summed E-state index contributed by atoms with van der Waals surface area (Å²) in [4.78, 5) is 11.4. The molecule has 0 aromatic heterocycles. The highest BCUT2D eigenvalue weighted by Crippen LogP contribution is 2.33. The summed E-state index contributed by atoms with van der Waals surface area (Å²) in [6.45, 7) is 0. The normalized spacial score (nSPS) is 10.6. The van der Waals surface area contributed by atoms with E-state index in [4.69, 9.17) is 9.47 Å². The van der Waals surface area contributed by atoms with Crippen molar-refractivity contribution in [3.63, 3.8) is 0 Å². The van der Waals surface area contributed by atoms with Crippen molar-refractivity contribution in [3.05, 3.63) is 57.6 Å². The summed E-state index contributed by atoms with van der Waals surface area (Å²) in [5.74, 6) is 1.08. The van der Waals surface area contributed by atoms with Crippen LogP contribution in [0.3, 0.4) is 0 Å². The van der Waals surface area contributed by atoms with Gasteiger partial charge in [-0.05, 0) is 39.7 Å². The van der Waals surface area contributed by atoms with E-state index in [2.05, 4.69) is 20.7 Å². The molecule has 0 spiro atoms. The minimum absolute atomic E-state index is 0.346. The van der Waals surface area contributed by atoms with Crippen molar-refractivity contribution in [2.45, 2.75) is 0 Å².